The quantitative estimate of drug-likeness (QED) is 0.354. The molecule has 0 aromatic rings. The standard InChI is InChI=1S/4C2HF3O2.2H2S/c4*3-2(4,5)1(6)7;;/h4*(H,6,7);2*1H2. The van der Waals surface area contributed by atoms with E-state index in [1.54, 1.807) is 0 Å². The third kappa shape index (κ3) is 33.3. The molecule has 0 aromatic heterocycles. The second-order valence-corrected chi connectivity index (χ2v) is 3.21. The monoisotopic (exact) mass is 524 g/mol. The van der Waals surface area contributed by atoms with Crippen molar-refractivity contribution in [2.45, 2.75) is 24.7 Å². The molecule has 0 amide bonds. The van der Waals surface area contributed by atoms with E-state index in [0.29, 0.717) is 0 Å². The predicted molar refractivity (Wildman–Crippen MR) is 75.5 cm³/mol. The zero-order valence-electron chi connectivity index (χ0n) is 13.0. The third-order valence-electron chi connectivity index (χ3n) is 0.970. The Labute approximate surface area is 169 Å². The van der Waals surface area contributed by atoms with Crippen LogP contribution in [-0.4, -0.2) is 69.0 Å². The average molecular weight is 524 g/mol. The minimum atomic E-state index is -5.08. The number of carboxylic acids is 4. The Bertz CT molecular complexity index is 440. The number of carboxylic acid groups (broad SMARTS) is 4. The first-order valence-corrected chi connectivity index (χ1v) is 4.98. The summed E-state index contributed by atoms with van der Waals surface area (Å²) in [5.74, 6) is -11.0. The van der Waals surface area contributed by atoms with Crippen LogP contribution in [0.3, 0.4) is 0 Å². The maximum Gasteiger partial charge on any atom is 0.490 e. The van der Waals surface area contributed by atoms with E-state index in [0.717, 1.165) is 0 Å². The maximum atomic E-state index is 10.6. The van der Waals surface area contributed by atoms with Crippen molar-refractivity contribution in [2.75, 3.05) is 0 Å². The van der Waals surface area contributed by atoms with Gasteiger partial charge in [0.1, 0.15) is 0 Å². The smallest absolute Gasteiger partial charge is 0.475 e. The van der Waals surface area contributed by atoms with E-state index in [1.807, 2.05) is 0 Å². The van der Waals surface area contributed by atoms with Crippen LogP contribution in [0.4, 0.5) is 52.7 Å². The zero-order valence-corrected chi connectivity index (χ0v) is 15.0. The molecule has 0 aromatic carbocycles. The van der Waals surface area contributed by atoms with Crippen LogP contribution in [0, 0.1) is 0 Å². The Kier molecular flexibility index (Phi) is 21.8. The van der Waals surface area contributed by atoms with Crippen LogP contribution in [0.15, 0.2) is 0 Å². The van der Waals surface area contributed by atoms with E-state index in [1.165, 1.54) is 0 Å². The SMILES string of the molecule is O=C(O)C(F)(F)F.O=C(O)C(F)(F)F.O=C(O)C(F)(F)F.O=C(O)C(F)(F)F.S.S. The molecule has 0 bridgehead atoms. The molecule has 4 N–H and O–H groups in total. The van der Waals surface area contributed by atoms with Crippen LogP contribution < -0.4 is 0 Å². The maximum absolute atomic E-state index is 10.6. The Morgan fingerprint density at radius 1 is 0.367 bits per heavy atom. The molecular weight excluding hydrogens is 516 g/mol. The highest BCUT2D eigenvalue weighted by molar-refractivity contribution is 7.59. The first-order chi connectivity index (χ1) is 11.8. The lowest BCUT2D eigenvalue weighted by Crippen LogP contribution is -2.21. The summed E-state index contributed by atoms with van der Waals surface area (Å²) in [5.41, 5.74) is 0. The molecule has 0 heterocycles. The summed E-state index contributed by atoms with van der Waals surface area (Å²) in [6, 6.07) is 0. The fourth-order valence-electron chi connectivity index (χ4n) is 0. The number of rotatable bonds is 0. The molecule has 184 valence electrons. The highest BCUT2D eigenvalue weighted by atomic mass is 32.1. The van der Waals surface area contributed by atoms with Gasteiger partial charge in [-0.25, -0.2) is 19.2 Å². The lowest BCUT2D eigenvalue weighted by Gasteiger charge is -1.93. The zero-order chi connectivity index (χ0) is 24.3. The third-order valence-corrected chi connectivity index (χ3v) is 0.970. The molecule has 0 saturated carbocycles. The highest BCUT2D eigenvalue weighted by Gasteiger charge is 2.39. The molecule has 0 radical (unpaired) electrons. The van der Waals surface area contributed by atoms with Gasteiger partial charge in [-0.05, 0) is 0 Å². The van der Waals surface area contributed by atoms with Gasteiger partial charge in [-0.1, -0.05) is 0 Å². The number of halogens is 12. The van der Waals surface area contributed by atoms with E-state index < -0.39 is 48.6 Å². The molecule has 30 heavy (non-hydrogen) atoms. The predicted octanol–water partition coefficient (Wildman–Crippen LogP) is 2.76. The van der Waals surface area contributed by atoms with Gasteiger partial charge in [0.15, 0.2) is 0 Å². The van der Waals surface area contributed by atoms with Crippen molar-refractivity contribution in [1.82, 2.24) is 0 Å². The topological polar surface area (TPSA) is 149 Å². The van der Waals surface area contributed by atoms with E-state index >= 15 is 0 Å². The summed E-state index contributed by atoms with van der Waals surface area (Å²) in [4.78, 5) is 35.6. The van der Waals surface area contributed by atoms with E-state index in [9.17, 15) is 52.7 Å². The van der Waals surface area contributed by atoms with Crippen molar-refractivity contribution in [3.05, 3.63) is 0 Å². The van der Waals surface area contributed by atoms with E-state index in [4.69, 9.17) is 39.6 Å². The van der Waals surface area contributed by atoms with Gasteiger partial charge in [-0.2, -0.15) is 79.7 Å². The number of alkyl halides is 12. The summed E-state index contributed by atoms with van der Waals surface area (Å²) in [7, 11) is 0. The molecule has 0 aliphatic carbocycles. The second kappa shape index (κ2) is 15.6. The van der Waals surface area contributed by atoms with Gasteiger partial charge in [0, 0.05) is 0 Å². The lowest BCUT2D eigenvalue weighted by molar-refractivity contribution is -0.193. The van der Waals surface area contributed by atoms with Crippen molar-refractivity contribution in [3.8, 4) is 0 Å². The summed E-state index contributed by atoms with van der Waals surface area (Å²) < 4.78 is 127. The molecule has 0 spiro atoms. The van der Waals surface area contributed by atoms with Gasteiger partial charge < -0.3 is 20.4 Å². The number of hydrogen-bond donors (Lipinski definition) is 4. The molecule has 0 saturated heterocycles. The van der Waals surface area contributed by atoms with Crippen LogP contribution >= 0.6 is 27.0 Å². The molecule has 0 rings (SSSR count). The van der Waals surface area contributed by atoms with Gasteiger partial charge in [0.25, 0.3) is 0 Å². The average Bonchev–Trinajstić information content (AvgIpc) is 2.35. The van der Waals surface area contributed by atoms with Crippen LogP contribution in [0.2, 0.25) is 0 Å². The Morgan fingerprint density at radius 2 is 0.400 bits per heavy atom. The van der Waals surface area contributed by atoms with Crippen LogP contribution in [-0.2, 0) is 19.2 Å². The minimum absolute atomic E-state index is 0. The molecule has 0 aliphatic heterocycles. The molecule has 0 atom stereocenters. The fourth-order valence-corrected chi connectivity index (χ4v) is 0. The number of carbonyl (C=O) groups is 4. The van der Waals surface area contributed by atoms with Crippen LogP contribution in [0.1, 0.15) is 0 Å². The number of aliphatic carboxylic acids is 4. The molecule has 8 nitrogen and oxygen atoms in total. The minimum Gasteiger partial charge on any atom is -0.475 e. The highest BCUT2D eigenvalue weighted by Crippen LogP contribution is 2.14. The van der Waals surface area contributed by atoms with Crippen molar-refractivity contribution in [3.63, 3.8) is 0 Å². The Morgan fingerprint density at radius 3 is 0.400 bits per heavy atom. The van der Waals surface area contributed by atoms with Crippen LogP contribution in [0.5, 0.6) is 0 Å². The van der Waals surface area contributed by atoms with Crippen LogP contribution in [0.25, 0.3) is 0 Å². The van der Waals surface area contributed by atoms with Crippen molar-refractivity contribution in [2.24, 2.45) is 0 Å². The normalized spacial score (nSPS) is 10.5. The number of hydrogen-bond acceptors (Lipinski definition) is 4. The van der Waals surface area contributed by atoms with Gasteiger partial charge >= 0.3 is 48.6 Å². The molecule has 0 unspecified atom stereocenters. The lowest BCUT2D eigenvalue weighted by atomic mass is 10.7. The fraction of sp³-hybridized carbons (Fsp3) is 0.500. The Hall–Kier alpha value is -2.26. The van der Waals surface area contributed by atoms with E-state index in [2.05, 4.69) is 0 Å². The Balaban J connectivity index is -0.0000000626. The van der Waals surface area contributed by atoms with E-state index in [-0.39, 0.29) is 27.0 Å². The second-order valence-electron chi connectivity index (χ2n) is 3.21. The first-order valence-electron chi connectivity index (χ1n) is 4.98. The van der Waals surface area contributed by atoms with Crippen molar-refractivity contribution >= 4 is 50.9 Å². The molecule has 0 fully saturated rings. The molecule has 22 heteroatoms. The van der Waals surface area contributed by atoms with Crippen molar-refractivity contribution in [1.29, 1.82) is 0 Å². The van der Waals surface area contributed by atoms with Gasteiger partial charge in [-0.15, -0.1) is 0 Å². The summed E-state index contributed by atoms with van der Waals surface area (Å²) in [6.07, 6.45) is -20.3. The first kappa shape index (κ1) is 42.0. The molecular formula is C8H8F12O8S2. The van der Waals surface area contributed by atoms with Crippen molar-refractivity contribution < 1.29 is 92.3 Å². The largest absolute Gasteiger partial charge is 0.490 e. The van der Waals surface area contributed by atoms with Gasteiger partial charge in [0.2, 0.25) is 0 Å². The summed E-state index contributed by atoms with van der Waals surface area (Å²) in [5, 5.41) is 28.5. The summed E-state index contributed by atoms with van der Waals surface area (Å²) in [6.45, 7) is 0. The molecule has 0 aliphatic rings. The van der Waals surface area contributed by atoms with Gasteiger partial charge in [0.05, 0.1) is 0 Å². The summed E-state index contributed by atoms with van der Waals surface area (Å²) >= 11 is 0. The van der Waals surface area contributed by atoms with Gasteiger partial charge in [-0.3, -0.25) is 0 Å².